The molecule has 7 nitrogen and oxygen atoms in total. The van der Waals surface area contributed by atoms with E-state index in [1.165, 1.54) is 0 Å². The first-order valence-electron chi connectivity index (χ1n) is 6.29. The van der Waals surface area contributed by atoms with Crippen LogP contribution in [-0.4, -0.2) is 36.3 Å². The van der Waals surface area contributed by atoms with Crippen molar-refractivity contribution in [2.24, 2.45) is 0 Å². The zero-order valence-corrected chi connectivity index (χ0v) is 10.9. The van der Waals surface area contributed by atoms with Crippen molar-refractivity contribution in [1.29, 1.82) is 0 Å². The molecule has 98 valence electrons. The molecule has 0 bridgehead atoms. The molecular formula is C11H19N7. The maximum absolute atomic E-state index is 4.21. The standard InChI is InChI=1S/C11H19N7/c1-3-5-12-6-10-7-17(16-15-10)8-11-13-9-14-18(11)4-2/h7,9,12H,3-6,8H2,1-2H3. The summed E-state index contributed by atoms with van der Waals surface area (Å²) in [4.78, 5) is 4.21. The zero-order chi connectivity index (χ0) is 12.8. The van der Waals surface area contributed by atoms with Crippen LogP contribution in [-0.2, 0) is 19.6 Å². The molecule has 0 aromatic carbocycles. The summed E-state index contributed by atoms with van der Waals surface area (Å²) in [7, 11) is 0. The van der Waals surface area contributed by atoms with Crippen LogP contribution in [0, 0.1) is 0 Å². The Morgan fingerprint density at radius 3 is 3.00 bits per heavy atom. The Morgan fingerprint density at radius 1 is 1.33 bits per heavy atom. The van der Waals surface area contributed by atoms with E-state index in [-0.39, 0.29) is 0 Å². The van der Waals surface area contributed by atoms with E-state index < -0.39 is 0 Å². The molecule has 2 aromatic heterocycles. The van der Waals surface area contributed by atoms with E-state index in [1.807, 2.05) is 17.8 Å². The summed E-state index contributed by atoms with van der Waals surface area (Å²) in [6.07, 6.45) is 4.63. The number of nitrogens with zero attached hydrogens (tertiary/aromatic N) is 6. The molecule has 0 fully saturated rings. The quantitative estimate of drug-likeness (QED) is 0.721. The van der Waals surface area contributed by atoms with Gasteiger partial charge >= 0.3 is 0 Å². The minimum absolute atomic E-state index is 0.606. The van der Waals surface area contributed by atoms with Crippen molar-refractivity contribution >= 4 is 0 Å². The topological polar surface area (TPSA) is 73.5 Å². The molecule has 0 aliphatic rings. The Kier molecular flexibility index (Phi) is 4.40. The van der Waals surface area contributed by atoms with Crippen molar-refractivity contribution in [3.63, 3.8) is 0 Å². The summed E-state index contributed by atoms with van der Waals surface area (Å²) in [6, 6.07) is 0. The molecule has 2 heterocycles. The highest BCUT2D eigenvalue weighted by atomic mass is 15.4. The Labute approximate surface area is 106 Å². The van der Waals surface area contributed by atoms with Crippen LogP contribution in [0.5, 0.6) is 0 Å². The van der Waals surface area contributed by atoms with E-state index in [0.717, 1.165) is 37.6 Å². The van der Waals surface area contributed by atoms with Gasteiger partial charge in [-0.2, -0.15) is 5.10 Å². The van der Waals surface area contributed by atoms with Gasteiger partial charge in [-0.25, -0.2) is 14.3 Å². The van der Waals surface area contributed by atoms with Crippen molar-refractivity contribution in [2.75, 3.05) is 6.54 Å². The molecule has 0 saturated carbocycles. The van der Waals surface area contributed by atoms with Crippen molar-refractivity contribution < 1.29 is 0 Å². The largest absolute Gasteiger partial charge is 0.311 e. The molecule has 0 unspecified atom stereocenters. The fourth-order valence-electron chi connectivity index (χ4n) is 1.71. The second-order valence-electron chi connectivity index (χ2n) is 4.08. The fourth-order valence-corrected chi connectivity index (χ4v) is 1.71. The SMILES string of the molecule is CCCNCc1cn(Cc2ncnn2CC)nn1. The van der Waals surface area contributed by atoms with Crippen LogP contribution in [0.25, 0.3) is 0 Å². The van der Waals surface area contributed by atoms with Crippen LogP contribution in [0.2, 0.25) is 0 Å². The highest BCUT2D eigenvalue weighted by Crippen LogP contribution is 1.99. The second-order valence-corrected chi connectivity index (χ2v) is 4.08. The lowest BCUT2D eigenvalue weighted by Crippen LogP contribution is -2.14. The lowest BCUT2D eigenvalue weighted by atomic mass is 10.4. The minimum Gasteiger partial charge on any atom is -0.311 e. The molecule has 1 N–H and O–H groups in total. The number of nitrogens with one attached hydrogen (secondary N) is 1. The van der Waals surface area contributed by atoms with Gasteiger partial charge in [-0.15, -0.1) is 5.10 Å². The molecule has 2 rings (SSSR count). The summed E-state index contributed by atoms with van der Waals surface area (Å²) in [5, 5.41) is 15.6. The third kappa shape index (κ3) is 3.13. The molecule has 0 atom stereocenters. The highest BCUT2D eigenvalue weighted by Gasteiger charge is 2.06. The Morgan fingerprint density at radius 2 is 2.22 bits per heavy atom. The predicted molar refractivity (Wildman–Crippen MR) is 66.8 cm³/mol. The Balaban J connectivity index is 1.94. The van der Waals surface area contributed by atoms with E-state index in [1.54, 1.807) is 11.0 Å². The third-order valence-electron chi connectivity index (χ3n) is 2.62. The van der Waals surface area contributed by atoms with Crippen molar-refractivity contribution in [2.45, 2.75) is 39.9 Å². The Bertz CT molecular complexity index is 473. The van der Waals surface area contributed by atoms with Gasteiger partial charge in [-0.1, -0.05) is 12.1 Å². The summed E-state index contributed by atoms with van der Waals surface area (Å²) in [6.45, 7) is 7.36. The average molecular weight is 249 g/mol. The minimum atomic E-state index is 0.606. The third-order valence-corrected chi connectivity index (χ3v) is 2.62. The molecule has 0 aliphatic heterocycles. The van der Waals surface area contributed by atoms with E-state index in [0.29, 0.717) is 6.54 Å². The fraction of sp³-hybridized carbons (Fsp3) is 0.636. The van der Waals surface area contributed by atoms with Gasteiger partial charge in [0.1, 0.15) is 18.7 Å². The summed E-state index contributed by atoms with van der Waals surface area (Å²) in [5.41, 5.74) is 0.950. The normalized spacial score (nSPS) is 11.0. The van der Waals surface area contributed by atoms with E-state index in [2.05, 4.69) is 32.6 Å². The van der Waals surface area contributed by atoms with E-state index in [9.17, 15) is 0 Å². The molecule has 0 spiro atoms. The van der Waals surface area contributed by atoms with E-state index >= 15 is 0 Å². The van der Waals surface area contributed by atoms with Crippen molar-refractivity contribution in [3.05, 3.63) is 24.0 Å². The second kappa shape index (κ2) is 6.25. The molecule has 0 amide bonds. The Hall–Kier alpha value is -1.76. The number of aromatic nitrogens is 6. The van der Waals surface area contributed by atoms with Gasteiger partial charge in [0.15, 0.2) is 0 Å². The first-order valence-corrected chi connectivity index (χ1v) is 6.29. The van der Waals surface area contributed by atoms with Crippen LogP contribution in [0.1, 0.15) is 31.8 Å². The van der Waals surface area contributed by atoms with Gasteiger partial charge in [0.05, 0.1) is 11.9 Å². The van der Waals surface area contributed by atoms with Gasteiger partial charge in [0.2, 0.25) is 0 Å². The smallest absolute Gasteiger partial charge is 0.148 e. The molecule has 7 heteroatoms. The highest BCUT2D eigenvalue weighted by molar-refractivity contribution is 4.94. The number of hydrogen-bond donors (Lipinski definition) is 1. The predicted octanol–water partition coefficient (Wildman–Crippen LogP) is 0.437. The maximum atomic E-state index is 4.21. The molecule has 2 aromatic rings. The summed E-state index contributed by atoms with van der Waals surface area (Å²) >= 11 is 0. The maximum Gasteiger partial charge on any atom is 0.148 e. The van der Waals surface area contributed by atoms with Crippen molar-refractivity contribution in [1.82, 2.24) is 35.1 Å². The summed E-state index contributed by atoms with van der Waals surface area (Å²) < 4.78 is 3.65. The van der Waals surface area contributed by atoms with Gasteiger partial charge < -0.3 is 5.32 Å². The number of aryl methyl sites for hydroxylation is 1. The number of hydrogen-bond acceptors (Lipinski definition) is 5. The van der Waals surface area contributed by atoms with Crippen molar-refractivity contribution in [3.8, 4) is 0 Å². The van der Waals surface area contributed by atoms with Gasteiger partial charge in [0.25, 0.3) is 0 Å². The lowest BCUT2D eigenvalue weighted by molar-refractivity contribution is 0.557. The number of rotatable bonds is 7. The molecule has 0 aliphatic carbocycles. The van der Waals surface area contributed by atoms with Crippen LogP contribution in [0.3, 0.4) is 0 Å². The van der Waals surface area contributed by atoms with Gasteiger partial charge in [-0.3, -0.25) is 0 Å². The molecule has 0 radical (unpaired) electrons. The van der Waals surface area contributed by atoms with Gasteiger partial charge in [0, 0.05) is 13.1 Å². The monoisotopic (exact) mass is 249 g/mol. The van der Waals surface area contributed by atoms with E-state index in [4.69, 9.17) is 0 Å². The van der Waals surface area contributed by atoms with Crippen LogP contribution < -0.4 is 5.32 Å². The van der Waals surface area contributed by atoms with Crippen LogP contribution in [0.4, 0.5) is 0 Å². The molecule has 18 heavy (non-hydrogen) atoms. The summed E-state index contributed by atoms with van der Waals surface area (Å²) in [5.74, 6) is 0.899. The van der Waals surface area contributed by atoms with Gasteiger partial charge in [-0.05, 0) is 19.9 Å². The first-order chi connectivity index (χ1) is 8.83. The molecular weight excluding hydrogens is 230 g/mol. The first kappa shape index (κ1) is 12.7. The zero-order valence-electron chi connectivity index (χ0n) is 10.9. The van der Waals surface area contributed by atoms with Crippen LogP contribution in [0.15, 0.2) is 12.5 Å². The van der Waals surface area contributed by atoms with Crippen LogP contribution >= 0.6 is 0 Å². The lowest BCUT2D eigenvalue weighted by Gasteiger charge is -2.01. The average Bonchev–Trinajstić information content (AvgIpc) is 2.99. The molecule has 0 saturated heterocycles.